The Morgan fingerprint density at radius 3 is 2.56 bits per heavy atom. The van der Waals surface area contributed by atoms with Crippen LogP contribution < -0.4 is 15.4 Å². The summed E-state index contributed by atoms with van der Waals surface area (Å²) in [6.07, 6.45) is 3.27. The predicted octanol–water partition coefficient (Wildman–Crippen LogP) is 2.19. The molecule has 8 nitrogen and oxygen atoms in total. The zero-order valence-electron chi connectivity index (χ0n) is 13.1. The number of methoxy groups -OCH3 is 1. The Morgan fingerprint density at radius 1 is 1.04 bits per heavy atom. The third-order valence-corrected chi connectivity index (χ3v) is 3.99. The molecule has 2 aromatic heterocycles. The zero-order chi connectivity index (χ0) is 17.6. The molecule has 2 heterocycles. The molecule has 2 N–H and O–H groups in total. The highest BCUT2D eigenvalue weighted by molar-refractivity contribution is 7.18. The van der Waals surface area contributed by atoms with E-state index in [1.807, 2.05) is 0 Å². The largest absolute Gasteiger partial charge is 0.497 e. The van der Waals surface area contributed by atoms with Gasteiger partial charge in [0.1, 0.15) is 10.8 Å². The summed E-state index contributed by atoms with van der Waals surface area (Å²) in [6.45, 7) is 0. The van der Waals surface area contributed by atoms with Crippen molar-refractivity contribution >= 4 is 34.0 Å². The van der Waals surface area contributed by atoms with Crippen molar-refractivity contribution in [2.75, 3.05) is 17.7 Å². The maximum absolute atomic E-state index is 12.0. The fourth-order valence-corrected chi connectivity index (χ4v) is 2.67. The van der Waals surface area contributed by atoms with Crippen LogP contribution in [0.5, 0.6) is 5.75 Å². The average Bonchev–Trinajstić information content (AvgIpc) is 3.11. The van der Waals surface area contributed by atoms with E-state index in [1.165, 1.54) is 7.11 Å². The molecule has 0 aliphatic rings. The lowest BCUT2D eigenvalue weighted by molar-refractivity contribution is -0.133. The van der Waals surface area contributed by atoms with Crippen LogP contribution in [0.4, 0.5) is 10.8 Å². The summed E-state index contributed by atoms with van der Waals surface area (Å²) in [5, 5.41) is 13.6. The number of hydrogen-bond acceptors (Lipinski definition) is 7. The first kappa shape index (κ1) is 16.5. The topological polar surface area (TPSA) is 106 Å². The average molecular weight is 355 g/mol. The predicted molar refractivity (Wildman–Crippen MR) is 93.4 cm³/mol. The van der Waals surface area contributed by atoms with E-state index in [1.54, 1.807) is 48.8 Å². The lowest BCUT2D eigenvalue weighted by Gasteiger charge is -2.06. The lowest BCUT2D eigenvalue weighted by Crippen LogP contribution is -2.29. The van der Waals surface area contributed by atoms with E-state index in [0.717, 1.165) is 16.9 Å². The summed E-state index contributed by atoms with van der Waals surface area (Å²) < 4.78 is 5.06. The number of anilines is 2. The van der Waals surface area contributed by atoms with Crippen LogP contribution in [0, 0.1) is 0 Å². The number of benzene rings is 1. The number of amides is 2. The van der Waals surface area contributed by atoms with Crippen molar-refractivity contribution in [3.8, 4) is 16.3 Å². The summed E-state index contributed by atoms with van der Waals surface area (Å²) in [6, 6.07) is 10.3. The second-order valence-corrected chi connectivity index (χ2v) is 5.77. The smallest absolute Gasteiger partial charge is 0.315 e. The van der Waals surface area contributed by atoms with Gasteiger partial charge in [0, 0.05) is 29.7 Å². The molecule has 0 atom stereocenters. The van der Waals surface area contributed by atoms with Gasteiger partial charge in [-0.15, -0.1) is 10.2 Å². The standard InChI is InChI=1S/C16H13N5O3S/c1-24-12-4-2-3-11(9-12)18-13(22)14(23)19-16-21-20-15(25-16)10-5-7-17-8-6-10/h2-9H,1H3,(H,18,22)(H,19,21,23). The molecule has 1 aromatic carbocycles. The number of carbonyl (C=O) groups is 2. The van der Waals surface area contributed by atoms with Gasteiger partial charge in [-0.05, 0) is 24.3 Å². The second-order valence-electron chi connectivity index (χ2n) is 4.79. The van der Waals surface area contributed by atoms with Gasteiger partial charge in [-0.25, -0.2) is 0 Å². The fourth-order valence-electron chi connectivity index (χ4n) is 1.93. The van der Waals surface area contributed by atoms with Gasteiger partial charge in [-0.2, -0.15) is 0 Å². The third kappa shape index (κ3) is 4.15. The molecule has 0 unspecified atom stereocenters. The number of nitrogens with one attached hydrogen (secondary N) is 2. The van der Waals surface area contributed by atoms with Crippen LogP contribution in [-0.2, 0) is 9.59 Å². The molecule has 0 aliphatic carbocycles. The van der Waals surface area contributed by atoms with Crippen LogP contribution in [-0.4, -0.2) is 34.1 Å². The number of nitrogens with zero attached hydrogens (tertiary/aromatic N) is 3. The summed E-state index contributed by atoms with van der Waals surface area (Å²) >= 11 is 1.16. The summed E-state index contributed by atoms with van der Waals surface area (Å²) in [5.41, 5.74) is 1.28. The Hall–Kier alpha value is -3.33. The van der Waals surface area contributed by atoms with E-state index in [2.05, 4.69) is 25.8 Å². The van der Waals surface area contributed by atoms with Gasteiger partial charge >= 0.3 is 11.8 Å². The SMILES string of the molecule is COc1cccc(NC(=O)C(=O)Nc2nnc(-c3ccncc3)s2)c1. The highest BCUT2D eigenvalue weighted by atomic mass is 32.1. The van der Waals surface area contributed by atoms with Crippen LogP contribution in [0.3, 0.4) is 0 Å². The van der Waals surface area contributed by atoms with Crippen molar-refractivity contribution < 1.29 is 14.3 Å². The highest BCUT2D eigenvalue weighted by Crippen LogP contribution is 2.25. The molecular formula is C16H13N5O3S. The van der Waals surface area contributed by atoms with E-state index >= 15 is 0 Å². The molecule has 3 rings (SSSR count). The number of aromatic nitrogens is 3. The zero-order valence-corrected chi connectivity index (χ0v) is 13.9. The number of rotatable bonds is 4. The number of ether oxygens (including phenoxy) is 1. The van der Waals surface area contributed by atoms with Crippen molar-refractivity contribution in [2.45, 2.75) is 0 Å². The van der Waals surface area contributed by atoms with Crippen LogP contribution >= 0.6 is 11.3 Å². The molecular weight excluding hydrogens is 342 g/mol. The maximum atomic E-state index is 12.0. The Labute approximate surface area is 146 Å². The van der Waals surface area contributed by atoms with Gasteiger partial charge in [0.15, 0.2) is 0 Å². The molecule has 0 bridgehead atoms. The van der Waals surface area contributed by atoms with Crippen molar-refractivity contribution in [1.82, 2.24) is 15.2 Å². The van der Waals surface area contributed by atoms with Crippen molar-refractivity contribution in [3.63, 3.8) is 0 Å². The molecule has 0 aliphatic heterocycles. The first-order valence-electron chi connectivity index (χ1n) is 7.16. The van der Waals surface area contributed by atoms with Gasteiger partial charge in [0.2, 0.25) is 5.13 Å². The molecule has 9 heteroatoms. The van der Waals surface area contributed by atoms with Gasteiger partial charge in [-0.3, -0.25) is 19.9 Å². The van der Waals surface area contributed by atoms with Crippen LogP contribution in [0.1, 0.15) is 0 Å². The Kier molecular flexibility index (Phi) is 4.95. The minimum absolute atomic E-state index is 0.234. The monoisotopic (exact) mass is 355 g/mol. The molecule has 3 aromatic rings. The maximum Gasteiger partial charge on any atom is 0.315 e. The lowest BCUT2D eigenvalue weighted by atomic mass is 10.3. The highest BCUT2D eigenvalue weighted by Gasteiger charge is 2.17. The van der Waals surface area contributed by atoms with Crippen LogP contribution in [0.2, 0.25) is 0 Å². The first-order valence-corrected chi connectivity index (χ1v) is 7.97. The van der Waals surface area contributed by atoms with Crippen molar-refractivity contribution in [3.05, 3.63) is 48.8 Å². The van der Waals surface area contributed by atoms with E-state index in [9.17, 15) is 9.59 Å². The molecule has 126 valence electrons. The third-order valence-electron chi connectivity index (χ3n) is 3.11. The molecule has 0 saturated carbocycles. The summed E-state index contributed by atoms with van der Waals surface area (Å²) in [7, 11) is 1.52. The second kappa shape index (κ2) is 7.49. The Balaban J connectivity index is 1.64. The van der Waals surface area contributed by atoms with E-state index < -0.39 is 11.8 Å². The quantitative estimate of drug-likeness (QED) is 0.695. The molecule has 0 fully saturated rings. The fraction of sp³-hybridized carbons (Fsp3) is 0.0625. The number of pyridine rings is 1. The van der Waals surface area contributed by atoms with Crippen LogP contribution in [0.15, 0.2) is 48.8 Å². The summed E-state index contributed by atoms with van der Waals surface area (Å²) in [4.78, 5) is 27.9. The minimum atomic E-state index is -0.833. The molecule has 0 saturated heterocycles. The Bertz CT molecular complexity index is 898. The van der Waals surface area contributed by atoms with Crippen molar-refractivity contribution in [1.29, 1.82) is 0 Å². The van der Waals surface area contributed by atoms with Gasteiger partial charge in [0.25, 0.3) is 0 Å². The van der Waals surface area contributed by atoms with Gasteiger partial charge in [-0.1, -0.05) is 17.4 Å². The van der Waals surface area contributed by atoms with E-state index in [4.69, 9.17) is 4.74 Å². The number of hydrogen-bond donors (Lipinski definition) is 2. The molecule has 25 heavy (non-hydrogen) atoms. The van der Waals surface area contributed by atoms with Crippen molar-refractivity contribution in [2.24, 2.45) is 0 Å². The molecule has 0 radical (unpaired) electrons. The van der Waals surface area contributed by atoms with Gasteiger partial charge in [0.05, 0.1) is 7.11 Å². The van der Waals surface area contributed by atoms with Crippen LogP contribution in [0.25, 0.3) is 10.6 Å². The van der Waals surface area contributed by atoms with Gasteiger partial charge < -0.3 is 10.1 Å². The first-order chi connectivity index (χ1) is 12.2. The van der Waals surface area contributed by atoms with E-state index in [-0.39, 0.29) is 5.13 Å². The number of carbonyl (C=O) groups excluding carboxylic acids is 2. The summed E-state index contributed by atoms with van der Waals surface area (Å²) in [5.74, 6) is -1.07. The Morgan fingerprint density at radius 2 is 1.80 bits per heavy atom. The minimum Gasteiger partial charge on any atom is -0.497 e. The van der Waals surface area contributed by atoms with E-state index in [0.29, 0.717) is 16.4 Å². The molecule has 2 amide bonds. The molecule has 0 spiro atoms. The normalized spacial score (nSPS) is 10.1.